The first-order valence-electron chi connectivity index (χ1n) is 13.6. The molecule has 2 heterocycles. The lowest BCUT2D eigenvalue weighted by Crippen LogP contribution is -2.52. The molecule has 216 valence electrons. The molecule has 2 aromatic rings. The average Bonchev–Trinajstić information content (AvgIpc) is 3.60. The van der Waals surface area contributed by atoms with E-state index in [9.17, 15) is 22.8 Å². The molecule has 0 unspecified atom stereocenters. The van der Waals surface area contributed by atoms with Gasteiger partial charge < -0.3 is 15.0 Å². The molecule has 0 aliphatic heterocycles. The highest BCUT2D eigenvalue weighted by atomic mass is 19.4. The number of carbonyl (C=O) groups is 2. The summed E-state index contributed by atoms with van der Waals surface area (Å²) in [5.41, 5.74) is 4.94. The van der Waals surface area contributed by atoms with Crippen LogP contribution in [0.5, 0.6) is 0 Å². The van der Waals surface area contributed by atoms with Crippen molar-refractivity contribution in [3.05, 3.63) is 35.2 Å². The van der Waals surface area contributed by atoms with Crippen LogP contribution < -0.4 is 10.6 Å². The van der Waals surface area contributed by atoms with Crippen LogP contribution in [0.25, 0.3) is 5.57 Å². The van der Waals surface area contributed by atoms with Crippen LogP contribution in [-0.2, 0) is 16.0 Å². The van der Waals surface area contributed by atoms with Gasteiger partial charge in [-0.2, -0.15) is 18.2 Å². The van der Waals surface area contributed by atoms with E-state index in [2.05, 4.69) is 20.1 Å². The molecule has 0 aromatic carbocycles. The van der Waals surface area contributed by atoms with Crippen molar-refractivity contribution in [2.75, 3.05) is 11.4 Å². The van der Waals surface area contributed by atoms with Gasteiger partial charge in [0.05, 0.1) is 0 Å². The number of halogens is 3. The topological polar surface area (TPSA) is 137 Å². The minimum Gasteiger partial charge on any atom is -0.433 e. The largest absolute Gasteiger partial charge is 0.433 e. The predicted molar refractivity (Wildman–Crippen MR) is 137 cm³/mol. The molecule has 0 spiro atoms. The van der Waals surface area contributed by atoms with Crippen molar-refractivity contribution in [1.29, 1.82) is 0 Å². The predicted octanol–water partition coefficient (Wildman–Crippen LogP) is 5.25. The number of carbonyl (C=O) groups excluding carboxylic acids is 2. The molecule has 2 N–H and O–H groups in total. The molecule has 0 saturated heterocycles. The highest BCUT2D eigenvalue weighted by Gasteiger charge is 2.53. The van der Waals surface area contributed by atoms with Gasteiger partial charge in [-0.25, -0.2) is 19.7 Å². The zero-order chi connectivity index (χ0) is 28.7. The smallest absolute Gasteiger partial charge is 0.427 e. The lowest BCUT2D eigenvalue weighted by molar-refractivity contribution is -0.243. The first-order valence-corrected chi connectivity index (χ1v) is 13.6. The summed E-state index contributed by atoms with van der Waals surface area (Å²) < 4.78 is 51.2. The molecule has 6 rings (SSSR count). The minimum atomic E-state index is -4.76. The van der Waals surface area contributed by atoms with E-state index >= 15 is 0 Å². The molecule has 4 aliphatic rings. The molecule has 2 bridgehead atoms. The van der Waals surface area contributed by atoms with E-state index in [1.807, 2.05) is 0 Å². The normalized spacial score (nSPS) is 18.3. The van der Waals surface area contributed by atoms with Crippen molar-refractivity contribution in [1.82, 2.24) is 20.1 Å². The summed E-state index contributed by atoms with van der Waals surface area (Å²) >= 11 is 0. The second-order valence-electron chi connectivity index (χ2n) is 11.7. The maximum atomic E-state index is 13.6. The molecule has 0 radical (unpaired) electrons. The van der Waals surface area contributed by atoms with Crippen molar-refractivity contribution >= 4 is 23.5 Å². The zero-order valence-corrected chi connectivity index (χ0v) is 22.6. The number of nitrogens with two attached hydrogens (primary N) is 1. The molecule has 0 atom stereocenters. The number of fused-ring (bicyclic) bond motifs is 2. The average molecular weight is 563 g/mol. The minimum absolute atomic E-state index is 0.0149. The summed E-state index contributed by atoms with van der Waals surface area (Å²) in [5.74, 6) is 1.26. The SMILES string of the molecule is CC(C)(OC(=O)N(CC12CCC(c3nc(C4CC4)no3)=C(C1)C2)c1nccc(CCCCC(N)=O)n1)C(F)(F)F. The van der Waals surface area contributed by atoms with Crippen molar-refractivity contribution in [3.8, 4) is 0 Å². The number of alkyl halides is 3. The van der Waals surface area contributed by atoms with Gasteiger partial charge in [0.25, 0.3) is 5.89 Å². The summed E-state index contributed by atoms with van der Waals surface area (Å²) in [6.45, 7) is 1.74. The van der Waals surface area contributed by atoms with E-state index < -0.39 is 23.8 Å². The van der Waals surface area contributed by atoms with Crippen LogP contribution in [-0.4, -0.2) is 50.4 Å². The summed E-state index contributed by atoms with van der Waals surface area (Å²) in [4.78, 5) is 38.7. The van der Waals surface area contributed by atoms with E-state index in [0.29, 0.717) is 62.4 Å². The zero-order valence-electron chi connectivity index (χ0n) is 22.6. The number of hydrogen-bond acceptors (Lipinski definition) is 8. The Morgan fingerprint density at radius 1 is 1.20 bits per heavy atom. The van der Waals surface area contributed by atoms with E-state index in [1.54, 1.807) is 6.07 Å². The third kappa shape index (κ3) is 5.97. The number of nitrogens with zero attached hydrogens (tertiary/aromatic N) is 5. The number of unbranched alkanes of at least 4 members (excludes halogenated alkanes) is 1. The van der Waals surface area contributed by atoms with Gasteiger partial charge in [-0.15, -0.1) is 0 Å². The van der Waals surface area contributed by atoms with Gasteiger partial charge in [0.1, 0.15) is 0 Å². The Balaban J connectivity index is 1.34. The second kappa shape index (κ2) is 10.5. The molecule has 2 fully saturated rings. The Hall–Kier alpha value is -3.51. The molecule has 2 saturated carbocycles. The van der Waals surface area contributed by atoms with E-state index in [4.69, 9.17) is 15.0 Å². The van der Waals surface area contributed by atoms with Crippen LogP contribution in [0, 0.1) is 5.41 Å². The Morgan fingerprint density at radius 3 is 2.58 bits per heavy atom. The molecule has 13 heteroatoms. The Kier molecular flexibility index (Phi) is 7.34. The number of primary amides is 1. The van der Waals surface area contributed by atoms with Crippen LogP contribution in [0.15, 0.2) is 22.4 Å². The number of hydrogen-bond donors (Lipinski definition) is 1. The molecule has 2 amide bonds. The standard InChI is InChI=1S/C27H33F3N6O4/c1-25(2,27(28,29)30)39-24(38)36(23-32-12-10-18(33-23)5-3-4-6-20(31)37)15-26-11-9-19(17(13-26)14-26)22-34-21(35-40-22)16-7-8-16/h10,12,16H,3-9,11,13-15H2,1-2H3,(H2,31,37). The van der Waals surface area contributed by atoms with Gasteiger partial charge in [-0.05, 0) is 83.1 Å². The quantitative estimate of drug-likeness (QED) is 0.367. The fraction of sp³-hybridized carbons (Fsp3) is 0.630. The second-order valence-corrected chi connectivity index (χ2v) is 11.7. The van der Waals surface area contributed by atoms with Crippen molar-refractivity contribution in [2.24, 2.45) is 11.1 Å². The fourth-order valence-electron chi connectivity index (χ4n) is 5.27. The van der Waals surface area contributed by atoms with Gasteiger partial charge >= 0.3 is 12.3 Å². The summed E-state index contributed by atoms with van der Waals surface area (Å²) in [6.07, 6.45) is 2.30. The van der Waals surface area contributed by atoms with E-state index in [1.165, 1.54) is 6.20 Å². The maximum Gasteiger partial charge on any atom is 0.427 e. The van der Waals surface area contributed by atoms with Crippen molar-refractivity contribution < 1.29 is 32.0 Å². The number of ether oxygens (including phenoxy) is 1. The molecule has 40 heavy (non-hydrogen) atoms. The van der Waals surface area contributed by atoms with Gasteiger partial charge in [-0.3, -0.25) is 4.79 Å². The molecule has 10 nitrogen and oxygen atoms in total. The van der Waals surface area contributed by atoms with Crippen molar-refractivity contribution in [3.63, 3.8) is 0 Å². The third-order valence-electron chi connectivity index (χ3n) is 7.94. The van der Waals surface area contributed by atoms with E-state index in [-0.39, 0.29) is 24.3 Å². The first kappa shape index (κ1) is 28.0. The highest BCUT2D eigenvalue weighted by Crippen LogP contribution is 2.57. The summed E-state index contributed by atoms with van der Waals surface area (Å²) in [7, 11) is 0. The maximum absolute atomic E-state index is 13.6. The number of aromatic nitrogens is 4. The number of aryl methyl sites for hydroxylation is 1. The lowest BCUT2D eigenvalue weighted by Gasteiger charge is -2.50. The van der Waals surface area contributed by atoms with Gasteiger partial charge in [0, 0.05) is 36.3 Å². The third-order valence-corrected chi connectivity index (χ3v) is 7.94. The lowest BCUT2D eigenvalue weighted by atomic mass is 9.57. The Bertz CT molecular complexity index is 1310. The summed E-state index contributed by atoms with van der Waals surface area (Å²) in [6, 6.07) is 1.67. The number of rotatable bonds is 11. The van der Waals surface area contributed by atoms with E-state index in [0.717, 1.165) is 48.6 Å². The number of amides is 2. The number of anilines is 1. The molecule has 4 aliphatic carbocycles. The number of allylic oxidation sites excluding steroid dienone is 2. The fourth-order valence-corrected chi connectivity index (χ4v) is 5.27. The Labute approximate surface area is 229 Å². The van der Waals surface area contributed by atoms with Gasteiger partial charge in [0.15, 0.2) is 5.82 Å². The Morgan fingerprint density at radius 2 is 1.95 bits per heavy atom. The van der Waals surface area contributed by atoms with Gasteiger partial charge in [0.2, 0.25) is 17.5 Å². The molecular weight excluding hydrogens is 529 g/mol. The highest BCUT2D eigenvalue weighted by molar-refractivity contribution is 5.86. The van der Waals surface area contributed by atoms with Crippen LogP contribution >= 0.6 is 0 Å². The van der Waals surface area contributed by atoms with Gasteiger partial charge in [-0.1, -0.05) is 10.7 Å². The summed E-state index contributed by atoms with van der Waals surface area (Å²) in [5, 5.41) is 4.11. The van der Waals surface area contributed by atoms with Crippen LogP contribution in [0.4, 0.5) is 23.9 Å². The van der Waals surface area contributed by atoms with Crippen LogP contribution in [0.1, 0.15) is 95.0 Å². The molecule has 2 aromatic heterocycles. The molecular formula is C27H33F3N6O4. The van der Waals surface area contributed by atoms with Crippen LogP contribution in [0.2, 0.25) is 0 Å². The first-order chi connectivity index (χ1) is 18.9. The van der Waals surface area contributed by atoms with Crippen molar-refractivity contribution in [2.45, 2.75) is 95.8 Å². The monoisotopic (exact) mass is 562 g/mol. The van der Waals surface area contributed by atoms with Crippen LogP contribution in [0.3, 0.4) is 0 Å².